The molecule has 2 rings (SSSR count). The Morgan fingerprint density at radius 2 is 2.03 bits per heavy atom. The van der Waals surface area contributed by atoms with Crippen LogP contribution in [0.5, 0.6) is 0 Å². The van der Waals surface area contributed by atoms with Crippen LogP contribution in [0.4, 0.5) is 5.69 Å². The van der Waals surface area contributed by atoms with Crippen LogP contribution in [-0.2, 0) is 19.1 Å². The predicted molar refractivity (Wildman–Crippen MR) is 117 cm³/mol. The van der Waals surface area contributed by atoms with Crippen LogP contribution in [0.3, 0.4) is 0 Å². The zero-order chi connectivity index (χ0) is 22.6. The highest BCUT2D eigenvalue weighted by atomic mass is 16.5. The Morgan fingerprint density at radius 1 is 1.23 bits per heavy atom. The molecule has 1 aromatic carbocycles. The Labute approximate surface area is 182 Å². The summed E-state index contributed by atoms with van der Waals surface area (Å²) in [5.74, 6) is -1.34. The molecule has 31 heavy (non-hydrogen) atoms. The molecule has 3 N–H and O–H groups in total. The number of carbonyl (C=O) groups excluding carboxylic acids is 4. The molecular formula is C22H32N4O5. The number of ether oxygens (including phenoxy) is 1. The van der Waals surface area contributed by atoms with Crippen molar-refractivity contribution in [2.24, 2.45) is 0 Å². The van der Waals surface area contributed by atoms with Gasteiger partial charge in [-0.2, -0.15) is 0 Å². The zero-order valence-electron chi connectivity index (χ0n) is 18.2. The molecule has 1 aliphatic rings. The molecule has 9 nitrogen and oxygen atoms in total. The van der Waals surface area contributed by atoms with E-state index < -0.39 is 12.0 Å². The standard InChI is InChI=1S/C22H32N4O5/c1-3-5-9-23-21(29)16-7-6-8-17(13-16)25-15-19(27)26-11-10-24-22(30)18(26)14-20(28)31-12-4-2/h6-8,13,18,25H,3-5,9-12,14-15H2,1-2H3,(H,23,29)(H,24,30). The van der Waals surface area contributed by atoms with Crippen LogP contribution >= 0.6 is 0 Å². The van der Waals surface area contributed by atoms with Crippen LogP contribution in [0.15, 0.2) is 24.3 Å². The van der Waals surface area contributed by atoms with Gasteiger partial charge < -0.3 is 25.6 Å². The smallest absolute Gasteiger partial charge is 0.308 e. The first kappa shape index (κ1) is 24.2. The molecule has 0 aromatic heterocycles. The number of unbranched alkanes of at least 4 members (excludes halogenated alkanes) is 1. The molecule has 0 spiro atoms. The molecule has 1 aliphatic heterocycles. The lowest BCUT2D eigenvalue weighted by atomic mass is 10.1. The lowest BCUT2D eigenvalue weighted by molar-refractivity contribution is -0.151. The Balaban J connectivity index is 1.95. The van der Waals surface area contributed by atoms with E-state index in [2.05, 4.69) is 22.9 Å². The van der Waals surface area contributed by atoms with Gasteiger partial charge in [-0.05, 0) is 31.0 Å². The number of hydrogen-bond acceptors (Lipinski definition) is 6. The minimum Gasteiger partial charge on any atom is -0.466 e. The van der Waals surface area contributed by atoms with Crippen molar-refractivity contribution in [2.45, 2.75) is 45.6 Å². The van der Waals surface area contributed by atoms with Crippen molar-refractivity contribution in [3.8, 4) is 0 Å². The van der Waals surface area contributed by atoms with E-state index in [0.717, 1.165) is 12.8 Å². The SMILES string of the molecule is CCCCNC(=O)c1cccc(NCC(=O)N2CCNC(=O)C2CC(=O)OCCC)c1. The van der Waals surface area contributed by atoms with Gasteiger partial charge in [-0.3, -0.25) is 19.2 Å². The summed E-state index contributed by atoms with van der Waals surface area (Å²) in [5.41, 5.74) is 1.12. The molecule has 1 aromatic rings. The summed E-state index contributed by atoms with van der Waals surface area (Å²) < 4.78 is 5.06. The van der Waals surface area contributed by atoms with Gasteiger partial charge in [-0.15, -0.1) is 0 Å². The molecule has 3 amide bonds. The van der Waals surface area contributed by atoms with Crippen LogP contribution in [-0.4, -0.2) is 67.4 Å². The van der Waals surface area contributed by atoms with E-state index >= 15 is 0 Å². The summed E-state index contributed by atoms with van der Waals surface area (Å²) in [7, 11) is 0. The topological polar surface area (TPSA) is 117 Å². The zero-order valence-corrected chi connectivity index (χ0v) is 18.2. The summed E-state index contributed by atoms with van der Waals surface area (Å²) in [4.78, 5) is 50.6. The van der Waals surface area contributed by atoms with Crippen LogP contribution < -0.4 is 16.0 Å². The minimum absolute atomic E-state index is 0.0608. The molecule has 170 valence electrons. The summed E-state index contributed by atoms with van der Waals surface area (Å²) >= 11 is 0. The van der Waals surface area contributed by atoms with Gasteiger partial charge in [0.15, 0.2) is 0 Å². The molecule has 0 bridgehead atoms. The lowest BCUT2D eigenvalue weighted by Crippen LogP contribution is -2.58. The van der Waals surface area contributed by atoms with Gasteiger partial charge in [-0.1, -0.05) is 26.3 Å². The highest BCUT2D eigenvalue weighted by molar-refractivity contribution is 5.95. The minimum atomic E-state index is -0.886. The number of rotatable bonds is 11. The summed E-state index contributed by atoms with van der Waals surface area (Å²) in [6.45, 7) is 5.42. The highest BCUT2D eigenvalue weighted by Gasteiger charge is 2.34. The van der Waals surface area contributed by atoms with Crippen molar-refractivity contribution in [2.75, 3.05) is 38.1 Å². The van der Waals surface area contributed by atoms with Gasteiger partial charge in [-0.25, -0.2) is 0 Å². The Kier molecular flexibility index (Phi) is 9.80. The van der Waals surface area contributed by atoms with E-state index in [0.29, 0.717) is 37.3 Å². The predicted octanol–water partition coefficient (Wildman–Crippen LogP) is 1.30. The molecule has 9 heteroatoms. The average Bonchev–Trinajstić information content (AvgIpc) is 2.77. The second kappa shape index (κ2) is 12.6. The third kappa shape index (κ3) is 7.58. The van der Waals surface area contributed by atoms with E-state index in [1.54, 1.807) is 24.3 Å². The van der Waals surface area contributed by atoms with E-state index in [1.807, 2.05) is 6.92 Å². The number of amides is 3. The maximum atomic E-state index is 12.8. The number of hydrogen-bond donors (Lipinski definition) is 3. The molecule has 1 heterocycles. The highest BCUT2D eigenvalue weighted by Crippen LogP contribution is 2.13. The number of esters is 1. The number of nitrogens with one attached hydrogen (secondary N) is 3. The Bertz CT molecular complexity index is 783. The third-order valence-corrected chi connectivity index (χ3v) is 4.86. The summed E-state index contributed by atoms with van der Waals surface area (Å²) in [6.07, 6.45) is 2.42. The molecular weight excluding hydrogens is 400 g/mol. The van der Waals surface area contributed by atoms with Gasteiger partial charge in [0.1, 0.15) is 6.04 Å². The molecule has 0 aliphatic carbocycles. The molecule has 0 saturated carbocycles. The van der Waals surface area contributed by atoms with Gasteiger partial charge in [0.2, 0.25) is 11.8 Å². The van der Waals surface area contributed by atoms with Crippen LogP contribution in [0.25, 0.3) is 0 Å². The van der Waals surface area contributed by atoms with Crippen LogP contribution in [0.2, 0.25) is 0 Å². The quantitative estimate of drug-likeness (QED) is 0.358. The molecule has 0 radical (unpaired) electrons. The lowest BCUT2D eigenvalue weighted by Gasteiger charge is -2.34. The fourth-order valence-electron chi connectivity index (χ4n) is 3.18. The maximum Gasteiger partial charge on any atom is 0.308 e. The first-order chi connectivity index (χ1) is 15.0. The van der Waals surface area contributed by atoms with Crippen molar-refractivity contribution in [3.63, 3.8) is 0 Å². The van der Waals surface area contributed by atoms with E-state index in [4.69, 9.17) is 4.74 Å². The third-order valence-electron chi connectivity index (χ3n) is 4.86. The van der Waals surface area contributed by atoms with Gasteiger partial charge in [0, 0.05) is 30.9 Å². The van der Waals surface area contributed by atoms with Gasteiger partial charge in [0.25, 0.3) is 5.91 Å². The molecule has 1 unspecified atom stereocenters. The normalized spacial score (nSPS) is 15.7. The molecule has 1 atom stereocenters. The van der Waals surface area contributed by atoms with Gasteiger partial charge in [0.05, 0.1) is 19.6 Å². The second-order valence-corrected chi connectivity index (χ2v) is 7.36. The summed E-state index contributed by atoms with van der Waals surface area (Å²) in [5, 5.41) is 8.55. The first-order valence-corrected chi connectivity index (χ1v) is 10.8. The van der Waals surface area contributed by atoms with E-state index in [1.165, 1.54) is 4.90 Å². The largest absolute Gasteiger partial charge is 0.466 e. The number of benzene rings is 1. The average molecular weight is 433 g/mol. The summed E-state index contributed by atoms with van der Waals surface area (Å²) in [6, 6.07) is 6.00. The van der Waals surface area contributed by atoms with Crippen molar-refractivity contribution in [1.82, 2.24) is 15.5 Å². The van der Waals surface area contributed by atoms with Gasteiger partial charge >= 0.3 is 5.97 Å². The number of carbonyl (C=O) groups is 4. The number of nitrogens with zero attached hydrogens (tertiary/aromatic N) is 1. The van der Waals surface area contributed by atoms with E-state index in [-0.39, 0.29) is 37.3 Å². The maximum absolute atomic E-state index is 12.8. The van der Waals surface area contributed by atoms with Crippen molar-refractivity contribution in [1.29, 1.82) is 0 Å². The van der Waals surface area contributed by atoms with Crippen LogP contribution in [0.1, 0.15) is 49.9 Å². The number of piperazine rings is 1. The molecule has 1 fully saturated rings. The first-order valence-electron chi connectivity index (χ1n) is 10.8. The number of anilines is 1. The fraction of sp³-hybridized carbons (Fsp3) is 0.545. The fourth-order valence-corrected chi connectivity index (χ4v) is 3.18. The molecule has 1 saturated heterocycles. The Hall–Kier alpha value is -3.10. The second-order valence-electron chi connectivity index (χ2n) is 7.36. The monoisotopic (exact) mass is 432 g/mol. The van der Waals surface area contributed by atoms with E-state index in [9.17, 15) is 19.2 Å². The van der Waals surface area contributed by atoms with Crippen molar-refractivity contribution >= 4 is 29.4 Å². The van der Waals surface area contributed by atoms with Crippen molar-refractivity contribution < 1.29 is 23.9 Å². The van der Waals surface area contributed by atoms with Crippen molar-refractivity contribution in [3.05, 3.63) is 29.8 Å². The Morgan fingerprint density at radius 3 is 2.77 bits per heavy atom. The van der Waals surface area contributed by atoms with Crippen LogP contribution in [0, 0.1) is 0 Å².